The van der Waals surface area contributed by atoms with Gasteiger partial charge in [0.15, 0.2) is 5.75 Å². The average Bonchev–Trinajstić information content (AvgIpc) is 2.68. The van der Waals surface area contributed by atoms with Crippen molar-refractivity contribution in [3.05, 3.63) is 63.8 Å². The Labute approximate surface area is 182 Å². The number of amides is 1. The zero-order valence-electron chi connectivity index (χ0n) is 17.6. The Balaban J connectivity index is 0.00000341. The molecule has 1 aromatic carbocycles. The minimum absolute atomic E-state index is 0. The lowest BCUT2D eigenvalue weighted by Gasteiger charge is -2.35. The fourth-order valence-corrected chi connectivity index (χ4v) is 3.32. The highest BCUT2D eigenvalue weighted by atomic mass is 19.1. The molecule has 170 valence electrons. The van der Waals surface area contributed by atoms with Crippen LogP contribution < -0.4 is 5.56 Å². The molecule has 31 heavy (non-hydrogen) atoms. The van der Waals surface area contributed by atoms with Gasteiger partial charge in [0.05, 0.1) is 6.54 Å². The molecule has 0 radical (unpaired) electrons. The van der Waals surface area contributed by atoms with Crippen molar-refractivity contribution in [2.75, 3.05) is 26.2 Å². The van der Waals surface area contributed by atoms with Crippen LogP contribution in [0.15, 0.2) is 41.3 Å². The number of piperazine rings is 1. The molecule has 7 nitrogen and oxygen atoms in total. The first-order valence-corrected chi connectivity index (χ1v) is 9.99. The van der Waals surface area contributed by atoms with Crippen LogP contribution in [0.2, 0.25) is 0 Å². The Hall–Kier alpha value is -2.87. The highest BCUT2D eigenvalue weighted by Gasteiger charge is 2.26. The van der Waals surface area contributed by atoms with Gasteiger partial charge in [0.25, 0.3) is 5.56 Å². The Kier molecular flexibility index (Phi) is 7.84. The van der Waals surface area contributed by atoms with Crippen LogP contribution in [0.5, 0.6) is 5.75 Å². The summed E-state index contributed by atoms with van der Waals surface area (Å²) in [6, 6.07) is 7.92. The molecule has 1 aromatic heterocycles. The SMILES string of the molecule is C.CC(C)(C)OC(=O)N1CCN(Cc2ccn(Cc3ccccc3F)c(=O)c2O)CC1. The number of hydrogen-bond acceptors (Lipinski definition) is 5. The second kappa shape index (κ2) is 9.96. The Morgan fingerprint density at radius 3 is 2.32 bits per heavy atom. The Morgan fingerprint density at radius 1 is 1.06 bits per heavy atom. The van der Waals surface area contributed by atoms with E-state index in [2.05, 4.69) is 4.90 Å². The van der Waals surface area contributed by atoms with Crippen LogP contribution in [0.25, 0.3) is 0 Å². The minimum atomic E-state index is -0.553. The van der Waals surface area contributed by atoms with Gasteiger partial charge in [-0.15, -0.1) is 0 Å². The van der Waals surface area contributed by atoms with Crippen LogP contribution in [-0.4, -0.2) is 57.3 Å². The number of ether oxygens (including phenoxy) is 1. The summed E-state index contributed by atoms with van der Waals surface area (Å²) < 4.78 is 20.5. The standard InChI is InChI=1S/C22H28FN3O4.CH4/c1-22(2,3)30-21(29)25-12-10-24(11-13-25)14-17-8-9-26(20(28)19(17)27)15-16-6-4-5-7-18(16)23;/h4-9,27H,10-15H2,1-3H3;1H4. The van der Waals surface area contributed by atoms with E-state index < -0.39 is 17.0 Å². The lowest BCUT2D eigenvalue weighted by Crippen LogP contribution is -2.49. The van der Waals surface area contributed by atoms with Crippen molar-refractivity contribution in [1.29, 1.82) is 0 Å². The maximum absolute atomic E-state index is 13.9. The van der Waals surface area contributed by atoms with Crippen molar-refractivity contribution in [1.82, 2.24) is 14.4 Å². The largest absolute Gasteiger partial charge is 0.503 e. The number of halogens is 1. The second-order valence-corrected chi connectivity index (χ2v) is 8.46. The lowest BCUT2D eigenvalue weighted by atomic mass is 10.2. The molecule has 1 N–H and O–H groups in total. The number of rotatable bonds is 4. The fourth-order valence-electron chi connectivity index (χ4n) is 3.32. The van der Waals surface area contributed by atoms with Gasteiger partial charge in [-0.25, -0.2) is 9.18 Å². The van der Waals surface area contributed by atoms with Gasteiger partial charge in [0.2, 0.25) is 0 Å². The predicted molar refractivity (Wildman–Crippen MR) is 118 cm³/mol. The maximum Gasteiger partial charge on any atom is 0.410 e. The Morgan fingerprint density at radius 2 is 1.71 bits per heavy atom. The smallest absolute Gasteiger partial charge is 0.410 e. The lowest BCUT2D eigenvalue weighted by molar-refractivity contribution is 0.0138. The molecule has 0 bridgehead atoms. The number of carbonyl (C=O) groups is 1. The van der Waals surface area contributed by atoms with Crippen LogP contribution in [0.3, 0.4) is 0 Å². The van der Waals surface area contributed by atoms with Gasteiger partial charge in [-0.05, 0) is 32.9 Å². The molecule has 1 amide bonds. The maximum atomic E-state index is 13.9. The molecule has 1 fully saturated rings. The molecule has 0 aliphatic carbocycles. The van der Waals surface area contributed by atoms with E-state index in [0.29, 0.717) is 43.9 Å². The van der Waals surface area contributed by atoms with Crippen LogP contribution in [0.1, 0.15) is 39.3 Å². The van der Waals surface area contributed by atoms with E-state index in [-0.39, 0.29) is 25.8 Å². The van der Waals surface area contributed by atoms with Crippen LogP contribution >= 0.6 is 0 Å². The zero-order valence-corrected chi connectivity index (χ0v) is 17.6. The van der Waals surface area contributed by atoms with Gasteiger partial charge >= 0.3 is 6.09 Å². The molecule has 1 aliphatic rings. The molecule has 8 heteroatoms. The Bertz CT molecular complexity index is 960. The number of nitrogens with zero attached hydrogens (tertiary/aromatic N) is 3. The highest BCUT2D eigenvalue weighted by molar-refractivity contribution is 5.68. The third-order valence-electron chi connectivity index (χ3n) is 4.94. The predicted octanol–water partition coefficient (Wildman–Crippen LogP) is 3.43. The summed E-state index contributed by atoms with van der Waals surface area (Å²) in [6.45, 7) is 8.18. The number of aromatic nitrogens is 1. The molecule has 2 aromatic rings. The highest BCUT2D eigenvalue weighted by Crippen LogP contribution is 2.17. The average molecular weight is 434 g/mol. The second-order valence-electron chi connectivity index (χ2n) is 8.46. The van der Waals surface area contributed by atoms with Gasteiger partial charge in [0, 0.05) is 50.0 Å². The van der Waals surface area contributed by atoms with Crippen LogP contribution in [0, 0.1) is 5.82 Å². The molecule has 0 atom stereocenters. The molecule has 1 saturated heterocycles. The van der Waals surface area contributed by atoms with Crippen molar-refractivity contribution < 1.29 is 19.0 Å². The number of hydrogen-bond donors (Lipinski definition) is 1. The summed E-state index contributed by atoms with van der Waals surface area (Å²) in [6.07, 6.45) is 1.24. The van der Waals surface area contributed by atoms with Gasteiger partial charge in [-0.1, -0.05) is 25.6 Å². The van der Waals surface area contributed by atoms with E-state index in [9.17, 15) is 19.1 Å². The van der Waals surface area contributed by atoms with Gasteiger partial charge in [-0.3, -0.25) is 9.69 Å². The van der Waals surface area contributed by atoms with Crippen molar-refractivity contribution in [3.8, 4) is 5.75 Å². The molecule has 2 heterocycles. The summed E-state index contributed by atoms with van der Waals surface area (Å²) in [5.74, 6) is -0.723. The molecular weight excluding hydrogens is 401 g/mol. The van der Waals surface area contributed by atoms with Crippen molar-refractivity contribution in [2.24, 2.45) is 0 Å². The molecular formula is C23H32FN3O4. The van der Waals surface area contributed by atoms with E-state index in [1.807, 2.05) is 20.8 Å². The van der Waals surface area contributed by atoms with Crippen LogP contribution in [-0.2, 0) is 17.8 Å². The molecule has 0 unspecified atom stereocenters. The van der Waals surface area contributed by atoms with E-state index in [4.69, 9.17) is 4.74 Å². The summed E-state index contributed by atoms with van der Waals surface area (Å²) >= 11 is 0. The van der Waals surface area contributed by atoms with E-state index >= 15 is 0 Å². The molecule has 0 spiro atoms. The van der Waals surface area contributed by atoms with Gasteiger partial charge in [0.1, 0.15) is 11.4 Å². The quantitative estimate of drug-likeness (QED) is 0.800. The number of carbonyl (C=O) groups excluding carboxylic acids is 1. The fraction of sp³-hybridized carbons (Fsp3) is 0.478. The van der Waals surface area contributed by atoms with E-state index in [1.165, 1.54) is 10.6 Å². The minimum Gasteiger partial charge on any atom is -0.503 e. The zero-order chi connectivity index (χ0) is 21.9. The summed E-state index contributed by atoms with van der Waals surface area (Å²) in [4.78, 5) is 28.4. The topological polar surface area (TPSA) is 75.0 Å². The third kappa shape index (κ3) is 6.30. The molecule has 0 saturated carbocycles. The first-order valence-electron chi connectivity index (χ1n) is 9.99. The first kappa shape index (κ1) is 24.4. The van der Waals surface area contributed by atoms with Gasteiger partial charge in [-0.2, -0.15) is 0 Å². The number of benzene rings is 1. The molecule has 1 aliphatic heterocycles. The summed E-state index contributed by atoms with van der Waals surface area (Å²) in [5, 5.41) is 10.4. The number of pyridine rings is 1. The molecule has 3 rings (SSSR count). The van der Waals surface area contributed by atoms with Crippen molar-refractivity contribution >= 4 is 6.09 Å². The van der Waals surface area contributed by atoms with Gasteiger partial charge < -0.3 is 19.3 Å². The summed E-state index contributed by atoms with van der Waals surface area (Å²) in [5.41, 5.74) is -0.198. The monoisotopic (exact) mass is 433 g/mol. The normalized spacial score (nSPS) is 14.8. The van der Waals surface area contributed by atoms with E-state index in [1.54, 1.807) is 35.4 Å². The van der Waals surface area contributed by atoms with Crippen LogP contribution in [0.4, 0.5) is 9.18 Å². The van der Waals surface area contributed by atoms with E-state index in [0.717, 1.165) is 0 Å². The van der Waals surface area contributed by atoms with Crippen molar-refractivity contribution in [3.63, 3.8) is 0 Å². The third-order valence-corrected chi connectivity index (χ3v) is 4.94. The van der Waals surface area contributed by atoms with Crippen molar-refractivity contribution in [2.45, 2.75) is 46.9 Å². The first-order chi connectivity index (χ1) is 14.1. The number of aromatic hydroxyl groups is 1. The summed E-state index contributed by atoms with van der Waals surface area (Å²) in [7, 11) is 0.